The van der Waals surface area contributed by atoms with Crippen LogP contribution < -0.4 is 9.47 Å². The molecule has 0 unspecified atom stereocenters. The Morgan fingerprint density at radius 1 is 1.05 bits per heavy atom. The maximum atomic E-state index is 12.1. The van der Waals surface area contributed by atoms with Crippen LogP contribution >= 0.6 is 35.6 Å². The molecule has 6 heteroatoms. The fourth-order valence-electron chi connectivity index (χ4n) is 1.56. The van der Waals surface area contributed by atoms with E-state index in [1.54, 1.807) is 31.4 Å². The second kappa shape index (κ2) is 7.45. The molecule has 21 heavy (non-hydrogen) atoms. The molecule has 0 heterocycles. The molecule has 2 aromatic carbocycles. The van der Waals surface area contributed by atoms with Crippen molar-refractivity contribution in [2.75, 3.05) is 7.11 Å². The highest BCUT2D eigenvalue weighted by atomic mass is 35.5. The summed E-state index contributed by atoms with van der Waals surface area (Å²) in [6.45, 7) is 0. The summed E-state index contributed by atoms with van der Waals surface area (Å²) in [6.07, 6.45) is 0. The molecule has 0 amide bonds. The Kier molecular flexibility index (Phi) is 5.61. The van der Waals surface area contributed by atoms with Crippen LogP contribution in [0.5, 0.6) is 11.5 Å². The smallest absolute Gasteiger partial charge is 0.260 e. The predicted molar refractivity (Wildman–Crippen MR) is 88.7 cm³/mol. The largest absolute Gasteiger partial charge is 0.497 e. The normalized spacial score (nSPS) is 10.0. The molecule has 2 aromatic rings. The fraction of sp³-hybridized carbons (Fsp3) is 0.0667. The van der Waals surface area contributed by atoms with Crippen LogP contribution in [-0.2, 0) is 0 Å². The van der Waals surface area contributed by atoms with E-state index in [1.807, 2.05) is 24.3 Å². The molecule has 3 nitrogen and oxygen atoms in total. The van der Waals surface area contributed by atoms with Crippen LogP contribution in [0.2, 0.25) is 0 Å². The van der Waals surface area contributed by atoms with Gasteiger partial charge in [0.25, 0.3) is 4.51 Å². The Morgan fingerprint density at radius 2 is 1.62 bits per heavy atom. The Balaban J connectivity index is 2.03. The number of thiocarbonyl (C=S) groups is 1. The minimum atomic E-state index is -0.0818. The quantitative estimate of drug-likeness (QED) is 0.465. The number of methoxy groups -OCH3 is 1. The van der Waals surface area contributed by atoms with Gasteiger partial charge in [0.1, 0.15) is 11.5 Å². The number of benzene rings is 2. The third-order valence-electron chi connectivity index (χ3n) is 2.56. The van der Waals surface area contributed by atoms with Gasteiger partial charge in [-0.15, -0.1) is 0 Å². The Bertz CT molecular complexity index is 639. The Hall–Kier alpha value is -1.56. The lowest BCUT2D eigenvalue weighted by Gasteiger charge is -2.04. The molecule has 0 spiro atoms. The molecule has 0 saturated heterocycles. The summed E-state index contributed by atoms with van der Waals surface area (Å²) in [5, 5.41) is -0.0554. The number of halogens is 1. The van der Waals surface area contributed by atoms with Crippen molar-refractivity contribution in [3.05, 3.63) is 54.1 Å². The molecule has 0 bridgehead atoms. The SMILES string of the molecule is COc1ccc(SC(=O)c2ccc(OC(=S)Cl)cc2)cc1. The van der Waals surface area contributed by atoms with E-state index in [0.717, 1.165) is 22.4 Å². The summed E-state index contributed by atoms with van der Waals surface area (Å²) in [5.74, 6) is 1.26. The zero-order valence-corrected chi connectivity index (χ0v) is 13.4. The zero-order chi connectivity index (χ0) is 15.2. The van der Waals surface area contributed by atoms with Crippen molar-refractivity contribution in [2.45, 2.75) is 4.90 Å². The number of hydrogen-bond acceptors (Lipinski definition) is 5. The molecule has 108 valence electrons. The number of carbonyl (C=O) groups is 1. The molecule has 2 rings (SSSR count). The van der Waals surface area contributed by atoms with Crippen LogP contribution in [0.3, 0.4) is 0 Å². The van der Waals surface area contributed by atoms with Crippen LogP contribution in [0.4, 0.5) is 0 Å². The van der Waals surface area contributed by atoms with Gasteiger partial charge < -0.3 is 9.47 Å². The van der Waals surface area contributed by atoms with E-state index in [2.05, 4.69) is 12.2 Å². The van der Waals surface area contributed by atoms with E-state index >= 15 is 0 Å². The average molecular weight is 339 g/mol. The first-order valence-electron chi connectivity index (χ1n) is 5.92. The molecule has 0 N–H and O–H groups in total. The van der Waals surface area contributed by atoms with Crippen LogP contribution in [0, 0.1) is 0 Å². The van der Waals surface area contributed by atoms with Gasteiger partial charge in [-0.2, -0.15) is 0 Å². The number of ether oxygens (including phenoxy) is 2. The summed E-state index contributed by atoms with van der Waals surface area (Å²) in [6, 6.07) is 13.9. The molecule has 0 atom stereocenters. The predicted octanol–water partition coefficient (Wildman–Crippen LogP) is 4.53. The van der Waals surface area contributed by atoms with Crippen molar-refractivity contribution in [2.24, 2.45) is 0 Å². The van der Waals surface area contributed by atoms with Crippen molar-refractivity contribution in [3.63, 3.8) is 0 Å². The van der Waals surface area contributed by atoms with Gasteiger partial charge in [-0.05, 0) is 84.1 Å². The Labute approximate surface area is 137 Å². The minimum Gasteiger partial charge on any atom is -0.497 e. The van der Waals surface area contributed by atoms with Gasteiger partial charge in [0, 0.05) is 10.5 Å². The topological polar surface area (TPSA) is 35.5 Å². The van der Waals surface area contributed by atoms with Crippen LogP contribution in [0.1, 0.15) is 10.4 Å². The van der Waals surface area contributed by atoms with Gasteiger partial charge in [0.05, 0.1) is 7.11 Å². The van der Waals surface area contributed by atoms with E-state index in [0.29, 0.717) is 11.3 Å². The highest BCUT2D eigenvalue weighted by Gasteiger charge is 2.09. The Morgan fingerprint density at radius 3 is 2.14 bits per heavy atom. The van der Waals surface area contributed by atoms with Crippen molar-refractivity contribution in [1.82, 2.24) is 0 Å². The fourth-order valence-corrected chi connectivity index (χ4v) is 2.49. The number of rotatable bonds is 4. The van der Waals surface area contributed by atoms with Crippen LogP contribution in [0.15, 0.2) is 53.4 Å². The van der Waals surface area contributed by atoms with Crippen molar-refractivity contribution >= 4 is 45.2 Å². The zero-order valence-electron chi connectivity index (χ0n) is 11.0. The molecule has 0 aliphatic rings. The molecule has 0 aliphatic heterocycles. The third kappa shape index (κ3) is 4.74. The van der Waals surface area contributed by atoms with Crippen molar-refractivity contribution in [3.8, 4) is 11.5 Å². The minimum absolute atomic E-state index is 0.0554. The first-order chi connectivity index (χ1) is 10.1. The van der Waals surface area contributed by atoms with E-state index in [1.165, 1.54) is 0 Å². The molecule has 0 aliphatic carbocycles. The first-order valence-corrected chi connectivity index (χ1v) is 7.52. The van der Waals surface area contributed by atoms with Gasteiger partial charge in [0.15, 0.2) is 0 Å². The van der Waals surface area contributed by atoms with Crippen LogP contribution in [0.25, 0.3) is 0 Å². The second-order valence-electron chi connectivity index (χ2n) is 3.93. The standard InChI is InChI=1S/C15H11ClO3S2/c1-18-11-6-8-13(9-7-11)21-14(17)10-2-4-12(5-3-10)19-15(16)20/h2-9H,1H3. The van der Waals surface area contributed by atoms with Crippen molar-refractivity contribution in [1.29, 1.82) is 0 Å². The van der Waals surface area contributed by atoms with Crippen LogP contribution in [-0.4, -0.2) is 16.7 Å². The molecular formula is C15H11ClO3S2. The summed E-state index contributed by atoms with van der Waals surface area (Å²) < 4.78 is 10.1. The summed E-state index contributed by atoms with van der Waals surface area (Å²) in [4.78, 5) is 13.0. The van der Waals surface area contributed by atoms with Gasteiger partial charge in [-0.25, -0.2) is 0 Å². The lowest BCUT2D eigenvalue weighted by molar-refractivity contribution is 0.108. The molecular weight excluding hydrogens is 328 g/mol. The van der Waals surface area contributed by atoms with E-state index in [-0.39, 0.29) is 9.63 Å². The molecule has 0 aromatic heterocycles. The highest BCUT2D eigenvalue weighted by Crippen LogP contribution is 2.25. The number of carbonyl (C=O) groups excluding carboxylic acids is 1. The molecule has 0 fully saturated rings. The van der Waals surface area contributed by atoms with Gasteiger partial charge in [0.2, 0.25) is 5.12 Å². The molecule has 0 radical (unpaired) electrons. The lowest BCUT2D eigenvalue weighted by Crippen LogP contribution is -1.97. The van der Waals surface area contributed by atoms with Gasteiger partial charge >= 0.3 is 0 Å². The maximum absolute atomic E-state index is 12.1. The maximum Gasteiger partial charge on any atom is 0.260 e. The first kappa shape index (κ1) is 15.8. The third-order valence-corrected chi connectivity index (χ3v) is 3.65. The summed E-state index contributed by atoms with van der Waals surface area (Å²) in [7, 11) is 1.60. The van der Waals surface area contributed by atoms with Crippen molar-refractivity contribution < 1.29 is 14.3 Å². The second-order valence-corrected chi connectivity index (χ2v) is 5.91. The van der Waals surface area contributed by atoms with E-state index < -0.39 is 0 Å². The molecule has 0 saturated carbocycles. The number of hydrogen-bond donors (Lipinski definition) is 0. The number of thioether (sulfide) groups is 1. The van der Waals surface area contributed by atoms with Gasteiger partial charge in [-0.1, -0.05) is 0 Å². The monoisotopic (exact) mass is 338 g/mol. The van der Waals surface area contributed by atoms with Gasteiger partial charge in [-0.3, -0.25) is 4.79 Å². The summed E-state index contributed by atoms with van der Waals surface area (Å²) >= 11 is 11.3. The summed E-state index contributed by atoms with van der Waals surface area (Å²) in [5.41, 5.74) is 0.573. The highest BCUT2D eigenvalue weighted by molar-refractivity contribution is 8.14. The van der Waals surface area contributed by atoms with E-state index in [9.17, 15) is 4.79 Å². The van der Waals surface area contributed by atoms with E-state index in [4.69, 9.17) is 21.1 Å². The average Bonchev–Trinajstić information content (AvgIpc) is 2.48. The lowest BCUT2D eigenvalue weighted by atomic mass is 10.2.